The van der Waals surface area contributed by atoms with Crippen molar-refractivity contribution >= 4 is 15.7 Å². The number of sulfone groups is 1. The first kappa shape index (κ1) is 15.6. The van der Waals surface area contributed by atoms with Crippen LogP contribution in [-0.4, -0.2) is 36.8 Å². The lowest BCUT2D eigenvalue weighted by Gasteiger charge is -2.35. The lowest BCUT2D eigenvalue weighted by molar-refractivity contribution is -0.138. The van der Waals surface area contributed by atoms with Gasteiger partial charge in [0.15, 0.2) is 9.84 Å². The molecule has 22 heavy (non-hydrogen) atoms. The van der Waals surface area contributed by atoms with Crippen molar-refractivity contribution in [2.45, 2.75) is 51.1 Å². The van der Waals surface area contributed by atoms with Gasteiger partial charge in [0.25, 0.3) is 0 Å². The average Bonchev–Trinajstić information content (AvgIpc) is 3.14. The van der Waals surface area contributed by atoms with Gasteiger partial charge in [0.1, 0.15) is 0 Å². The van der Waals surface area contributed by atoms with Gasteiger partial charge in [0.2, 0.25) is 5.91 Å². The van der Waals surface area contributed by atoms with Crippen LogP contribution in [0, 0.1) is 5.92 Å². The van der Waals surface area contributed by atoms with Gasteiger partial charge in [-0.1, -0.05) is 19.3 Å². The molecule has 0 radical (unpaired) electrons. The van der Waals surface area contributed by atoms with E-state index in [1.165, 1.54) is 6.42 Å². The Morgan fingerprint density at radius 2 is 2.00 bits per heavy atom. The fraction of sp³-hybridized carbons (Fsp3) is 0.688. The summed E-state index contributed by atoms with van der Waals surface area (Å²) in [5, 5.41) is 0. The minimum Gasteiger partial charge on any atom is -0.472 e. The third-order valence-electron chi connectivity index (χ3n) is 4.81. The van der Waals surface area contributed by atoms with Gasteiger partial charge in [-0.05, 0) is 25.3 Å². The highest BCUT2D eigenvalue weighted by atomic mass is 32.2. The number of hydrogen-bond donors (Lipinski definition) is 0. The summed E-state index contributed by atoms with van der Waals surface area (Å²) < 4.78 is 28.5. The lowest BCUT2D eigenvalue weighted by Crippen LogP contribution is -2.44. The van der Waals surface area contributed by atoms with Gasteiger partial charge in [0.05, 0.1) is 29.9 Å². The molecule has 1 atom stereocenters. The van der Waals surface area contributed by atoms with Crippen molar-refractivity contribution in [1.82, 2.24) is 4.90 Å². The van der Waals surface area contributed by atoms with Crippen molar-refractivity contribution in [3.63, 3.8) is 0 Å². The van der Waals surface area contributed by atoms with Gasteiger partial charge >= 0.3 is 0 Å². The van der Waals surface area contributed by atoms with Crippen LogP contribution in [0.3, 0.4) is 0 Å². The van der Waals surface area contributed by atoms with E-state index in [1.54, 1.807) is 12.5 Å². The van der Waals surface area contributed by atoms with Crippen LogP contribution in [0.4, 0.5) is 0 Å². The predicted octanol–water partition coefficient (Wildman–Crippen LogP) is 2.38. The van der Waals surface area contributed by atoms with Crippen molar-refractivity contribution in [1.29, 1.82) is 0 Å². The predicted molar refractivity (Wildman–Crippen MR) is 82.9 cm³/mol. The summed E-state index contributed by atoms with van der Waals surface area (Å²) in [6.45, 7) is 0.524. The van der Waals surface area contributed by atoms with Gasteiger partial charge in [-0.15, -0.1) is 0 Å². The summed E-state index contributed by atoms with van der Waals surface area (Å²) >= 11 is 0. The van der Waals surface area contributed by atoms with E-state index >= 15 is 0 Å². The van der Waals surface area contributed by atoms with Crippen molar-refractivity contribution in [3.8, 4) is 0 Å². The Bertz CT molecular complexity index is 602. The summed E-state index contributed by atoms with van der Waals surface area (Å²) in [6.07, 6.45) is 9.28. The van der Waals surface area contributed by atoms with Crippen LogP contribution in [-0.2, 0) is 21.2 Å². The van der Waals surface area contributed by atoms with E-state index in [1.807, 2.05) is 11.0 Å². The molecule has 2 heterocycles. The van der Waals surface area contributed by atoms with Crippen LogP contribution in [0.2, 0.25) is 0 Å². The molecule has 1 aliphatic heterocycles. The van der Waals surface area contributed by atoms with E-state index < -0.39 is 9.84 Å². The molecule has 0 bridgehead atoms. The van der Waals surface area contributed by atoms with Crippen molar-refractivity contribution < 1.29 is 17.6 Å². The van der Waals surface area contributed by atoms with E-state index in [2.05, 4.69) is 0 Å². The Kier molecular flexibility index (Phi) is 4.57. The summed E-state index contributed by atoms with van der Waals surface area (Å²) in [5.41, 5.74) is 0.972. The molecule has 0 N–H and O–H groups in total. The van der Waals surface area contributed by atoms with Crippen LogP contribution in [0.25, 0.3) is 0 Å². The number of rotatable bonds is 4. The SMILES string of the molecule is O=C(C1CCS(=O)(=O)C1)N(Cc1ccoc1)C1CCCCC1. The van der Waals surface area contributed by atoms with Gasteiger partial charge < -0.3 is 9.32 Å². The summed E-state index contributed by atoms with van der Waals surface area (Å²) in [5.74, 6) is -0.193. The Morgan fingerprint density at radius 1 is 1.23 bits per heavy atom. The van der Waals surface area contributed by atoms with Crippen LogP contribution >= 0.6 is 0 Å². The molecule has 5 nitrogen and oxygen atoms in total. The minimum atomic E-state index is -3.03. The molecule has 2 fully saturated rings. The topological polar surface area (TPSA) is 67.6 Å². The molecule has 0 aromatic carbocycles. The second-order valence-electron chi connectivity index (χ2n) is 6.49. The number of nitrogens with zero attached hydrogens (tertiary/aromatic N) is 1. The fourth-order valence-corrected chi connectivity index (χ4v) is 5.32. The second-order valence-corrected chi connectivity index (χ2v) is 8.72. The molecule has 1 aromatic rings. The molecule has 6 heteroatoms. The van der Waals surface area contributed by atoms with Gasteiger partial charge in [-0.25, -0.2) is 8.42 Å². The van der Waals surface area contributed by atoms with Crippen molar-refractivity contribution in [2.24, 2.45) is 5.92 Å². The molecule has 1 saturated heterocycles. The Balaban J connectivity index is 1.76. The third kappa shape index (κ3) is 3.54. The zero-order chi connectivity index (χ0) is 15.6. The fourth-order valence-electron chi connectivity index (χ4n) is 3.58. The largest absolute Gasteiger partial charge is 0.472 e. The van der Waals surface area contributed by atoms with Crippen molar-refractivity contribution in [2.75, 3.05) is 11.5 Å². The highest BCUT2D eigenvalue weighted by molar-refractivity contribution is 7.91. The smallest absolute Gasteiger partial charge is 0.227 e. The Morgan fingerprint density at radius 3 is 2.59 bits per heavy atom. The van der Waals surface area contributed by atoms with Gasteiger partial charge in [-0.3, -0.25) is 4.79 Å². The molecule has 1 aliphatic carbocycles. The van der Waals surface area contributed by atoms with Crippen LogP contribution < -0.4 is 0 Å². The first-order chi connectivity index (χ1) is 10.6. The zero-order valence-corrected chi connectivity index (χ0v) is 13.6. The van der Waals surface area contributed by atoms with Crippen LogP contribution in [0.15, 0.2) is 23.0 Å². The van der Waals surface area contributed by atoms with Crippen LogP contribution in [0.5, 0.6) is 0 Å². The van der Waals surface area contributed by atoms with Crippen molar-refractivity contribution in [3.05, 3.63) is 24.2 Å². The summed E-state index contributed by atoms with van der Waals surface area (Å²) in [7, 11) is -3.03. The highest BCUT2D eigenvalue weighted by Crippen LogP contribution is 2.28. The van der Waals surface area contributed by atoms with E-state index in [9.17, 15) is 13.2 Å². The molecule has 3 rings (SSSR count). The number of carbonyl (C=O) groups excluding carboxylic acids is 1. The van der Waals surface area contributed by atoms with E-state index in [0.29, 0.717) is 13.0 Å². The number of hydrogen-bond acceptors (Lipinski definition) is 4. The monoisotopic (exact) mass is 325 g/mol. The van der Waals surface area contributed by atoms with Gasteiger partial charge in [0, 0.05) is 18.2 Å². The van der Waals surface area contributed by atoms with E-state index in [4.69, 9.17) is 4.42 Å². The minimum absolute atomic E-state index is 0.00850. The summed E-state index contributed by atoms with van der Waals surface area (Å²) in [4.78, 5) is 14.8. The standard InChI is InChI=1S/C16H23NO4S/c18-16(14-7-9-22(19,20)12-14)17(10-13-6-8-21-11-13)15-4-2-1-3-5-15/h6,8,11,14-15H,1-5,7,9-10,12H2. The number of amides is 1. The lowest BCUT2D eigenvalue weighted by atomic mass is 9.92. The second kappa shape index (κ2) is 6.44. The average molecular weight is 325 g/mol. The number of carbonyl (C=O) groups is 1. The van der Waals surface area contributed by atoms with Crippen LogP contribution in [0.1, 0.15) is 44.1 Å². The highest BCUT2D eigenvalue weighted by Gasteiger charge is 2.37. The zero-order valence-electron chi connectivity index (χ0n) is 12.7. The summed E-state index contributed by atoms with van der Waals surface area (Å²) in [6, 6.07) is 2.11. The first-order valence-electron chi connectivity index (χ1n) is 8.07. The number of furan rings is 1. The maximum atomic E-state index is 12.9. The third-order valence-corrected chi connectivity index (χ3v) is 6.58. The Hall–Kier alpha value is -1.30. The van der Waals surface area contributed by atoms with Gasteiger partial charge in [-0.2, -0.15) is 0 Å². The maximum absolute atomic E-state index is 12.9. The quantitative estimate of drug-likeness (QED) is 0.852. The molecule has 122 valence electrons. The molecule has 1 unspecified atom stereocenters. The molecule has 1 amide bonds. The maximum Gasteiger partial charge on any atom is 0.227 e. The molecular weight excluding hydrogens is 302 g/mol. The molecule has 0 spiro atoms. The van der Waals surface area contributed by atoms with E-state index in [0.717, 1.165) is 31.2 Å². The Labute approximate surface area is 131 Å². The first-order valence-corrected chi connectivity index (χ1v) is 9.89. The molecule has 2 aliphatic rings. The normalized spacial score (nSPS) is 25.2. The molecular formula is C16H23NO4S. The molecule has 1 saturated carbocycles. The molecule has 1 aromatic heterocycles. The van der Waals surface area contributed by atoms with E-state index in [-0.39, 0.29) is 29.4 Å².